The summed E-state index contributed by atoms with van der Waals surface area (Å²) in [5.74, 6) is -0.166. The summed E-state index contributed by atoms with van der Waals surface area (Å²) in [5.41, 5.74) is 6.94. The van der Waals surface area contributed by atoms with Crippen molar-refractivity contribution in [2.24, 2.45) is 0 Å². The molecule has 0 radical (unpaired) electrons. The first-order valence-electron chi connectivity index (χ1n) is 8.65. The molecular formula is C22H23N3O. The number of aryl methyl sites for hydroxylation is 3. The van der Waals surface area contributed by atoms with Crippen LogP contribution in [0.25, 0.3) is 0 Å². The minimum atomic E-state index is -0.166. The molecule has 4 heteroatoms. The summed E-state index contributed by atoms with van der Waals surface area (Å²) in [7, 11) is 0. The number of nitrogens with one attached hydrogen (secondary N) is 2. The molecule has 2 aromatic carbocycles. The van der Waals surface area contributed by atoms with Crippen LogP contribution in [0, 0.1) is 20.8 Å². The van der Waals surface area contributed by atoms with Gasteiger partial charge >= 0.3 is 0 Å². The van der Waals surface area contributed by atoms with Crippen molar-refractivity contribution >= 4 is 17.3 Å². The lowest BCUT2D eigenvalue weighted by Crippen LogP contribution is -2.13. The van der Waals surface area contributed by atoms with Crippen LogP contribution in [0.5, 0.6) is 0 Å². The van der Waals surface area contributed by atoms with E-state index >= 15 is 0 Å². The number of carbonyl (C=O) groups excluding carboxylic acids is 1. The number of carbonyl (C=O) groups is 1. The largest absolute Gasteiger partial charge is 0.380 e. The molecule has 0 aliphatic heterocycles. The molecule has 1 amide bonds. The van der Waals surface area contributed by atoms with Crippen LogP contribution >= 0.6 is 0 Å². The number of nitrogens with zero attached hydrogens (tertiary/aromatic N) is 1. The smallest absolute Gasteiger partial charge is 0.257 e. The summed E-state index contributed by atoms with van der Waals surface area (Å²) in [6.45, 7) is 6.86. The zero-order valence-electron chi connectivity index (χ0n) is 15.3. The maximum atomic E-state index is 12.5. The molecule has 2 N–H and O–H groups in total. The van der Waals surface area contributed by atoms with Gasteiger partial charge in [0.2, 0.25) is 0 Å². The molecule has 26 heavy (non-hydrogen) atoms. The van der Waals surface area contributed by atoms with E-state index in [9.17, 15) is 4.79 Å². The highest BCUT2D eigenvalue weighted by atomic mass is 16.1. The van der Waals surface area contributed by atoms with Crippen LogP contribution in [-0.2, 0) is 6.54 Å². The summed E-state index contributed by atoms with van der Waals surface area (Å²) < 4.78 is 0. The summed E-state index contributed by atoms with van der Waals surface area (Å²) in [6.07, 6.45) is 3.31. The van der Waals surface area contributed by atoms with Gasteiger partial charge in [-0.3, -0.25) is 9.78 Å². The van der Waals surface area contributed by atoms with Gasteiger partial charge in [0.15, 0.2) is 0 Å². The number of hydrogen-bond acceptors (Lipinski definition) is 3. The molecular weight excluding hydrogens is 322 g/mol. The SMILES string of the molecule is Cc1ccc(NC(=O)c2cncc(NCc3ccccc3C)c2)cc1C. The van der Waals surface area contributed by atoms with Gasteiger partial charge in [0.25, 0.3) is 5.91 Å². The molecule has 0 atom stereocenters. The van der Waals surface area contributed by atoms with Crippen LogP contribution in [0.3, 0.4) is 0 Å². The van der Waals surface area contributed by atoms with Crippen molar-refractivity contribution in [2.45, 2.75) is 27.3 Å². The van der Waals surface area contributed by atoms with Crippen LogP contribution in [0.2, 0.25) is 0 Å². The standard InChI is InChI=1S/C22H23N3O/c1-15-8-9-20(10-17(15)3)25-22(26)19-11-21(14-23-12-19)24-13-18-7-5-4-6-16(18)2/h4-12,14,24H,13H2,1-3H3,(H,25,26). The molecule has 1 aromatic heterocycles. The Bertz CT molecular complexity index is 934. The number of benzene rings is 2. The van der Waals surface area contributed by atoms with Gasteiger partial charge in [0.05, 0.1) is 11.3 Å². The van der Waals surface area contributed by atoms with Crippen LogP contribution in [0.4, 0.5) is 11.4 Å². The summed E-state index contributed by atoms with van der Waals surface area (Å²) in [4.78, 5) is 16.7. The maximum absolute atomic E-state index is 12.5. The topological polar surface area (TPSA) is 54.0 Å². The van der Waals surface area contributed by atoms with Crippen molar-refractivity contribution in [3.05, 3.63) is 88.7 Å². The second-order valence-corrected chi connectivity index (χ2v) is 6.50. The second-order valence-electron chi connectivity index (χ2n) is 6.50. The lowest BCUT2D eigenvalue weighted by Gasteiger charge is -2.11. The zero-order valence-corrected chi connectivity index (χ0v) is 15.3. The Hall–Kier alpha value is -3.14. The van der Waals surface area contributed by atoms with Gasteiger partial charge in [0.1, 0.15) is 0 Å². The van der Waals surface area contributed by atoms with Crippen LogP contribution < -0.4 is 10.6 Å². The lowest BCUT2D eigenvalue weighted by molar-refractivity contribution is 0.102. The van der Waals surface area contributed by atoms with E-state index in [-0.39, 0.29) is 5.91 Å². The second kappa shape index (κ2) is 7.83. The minimum absolute atomic E-state index is 0.166. The van der Waals surface area contributed by atoms with Crippen LogP contribution in [0.1, 0.15) is 32.6 Å². The zero-order chi connectivity index (χ0) is 18.5. The Morgan fingerprint density at radius 2 is 1.69 bits per heavy atom. The van der Waals surface area contributed by atoms with E-state index in [0.29, 0.717) is 12.1 Å². The Labute approximate surface area is 154 Å². The molecule has 4 nitrogen and oxygen atoms in total. The normalized spacial score (nSPS) is 10.4. The predicted octanol–water partition coefficient (Wildman–Crippen LogP) is 4.87. The highest BCUT2D eigenvalue weighted by molar-refractivity contribution is 6.04. The molecule has 0 aliphatic carbocycles. The fraction of sp³-hybridized carbons (Fsp3) is 0.182. The average molecular weight is 345 g/mol. The molecule has 0 spiro atoms. The molecule has 1 heterocycles. The first-order valence-corrected chi connectivity index (χ1v) is 8.65. The van der Waals surface area contributed by atoms with E-state index in [1.54, 1.807) is 12.4 Å². The van der Waals surface area contributed by atoms with E-state index in [1.165, 1.54) is 16.7 Å². The van der Waals surface area contributed by atoms with Gasteiger partial charge in [-0.15, -0.1) is 0 Å². The Balaban J connectivity index is 1.69. The van der Waals surface area contributed by atoms with Crippen molar-refractivity contribution in [3.63, 3.8) is 0 Å². The third-order valence-corrected chi connectivity index (χ3v) is 4.51. The fourth-order valence-corrected chi connectivity index (χ4v) is 2.69. The van der Waals surface area contributed by atoms with Crippen LogP contribution in [-0.4, -0.2) is 10.9 Å². The van der Waals surface area contributed by atoms with E-state index in [0.717, 1.165) is 16.9 Å². The summed E-state index contributed by atoms with van der Waals surface area (Å²) >= 11 is 0. The van der Waals surface area contributed by atoms with Crippen molar-refractivity contribution in [2.75, 3.05) is 10.6 Å². The van der Waals surface area contributed by atoms with Crippen molar-refractivity contribution in [1.82, 2.24) is 4.98 Å². The number of pyridine rings is 1. The molecule has 132 valence electrons. The number of hydrogen-bond donors (Lipinski definition) is 2. The average Bonchev–Trinajstić information content (AvgIpc) is 2.64. The molecule has 3 aromatic rings. The van der Waals surface area contributed by atoms with Gasteiger partial charge in [-0.25, -0.2) is 0 Å². The Morgan fingerprint density at radius 1 is 0.885 bits per heavy atom. The quantitative estimate of drug-likeness (QED) is 0.693. The van der Waals surface area contributed by atoms with E-state index in [4.69, 9.17) is 0 Å². The monoisotopic (exact) mass is 345 g/mol. The predicted molar refractivity (Wildman–Crippen MR) is 107 cm³/mol. The molecule has 0 saturated carbocycles. The third kappa shape index (κ3) is 4.28. The van der Waals surface area contributed by atoms with Gasteiger partial charge in [-0.05, 0) is 61.2 Å². The summed E-state index contributed by atoms with van der Waals surface area (Å²) in [6, 6.07) is 15.9. The first kappa shape index (κ1) is 17.7. The Morgan fingerprint density at radius 3 is 2.46 bits per heavy atom. The Kier molecular flexibility index (Phi) is 5.32. The molecule has 0 bridgehead atoms. The van der Waals surface area contributed by atoms with E-state index in [1.807, 2.05) is 43.3 Å². The molecule has 0 saturated heterocycles. The van der Waals surface area contributed by atoms with Gasteiger partial charge in [-0.1, -0.05) is 30.3 Å². The number of anilines is 2. The molecule has 3 rings (SSSR count). The van der Waals surface area contributed by atoms with Crippen molar-refractivity contribution < 1.29 is 4.79 Å². The minimum Gasteiger partial charge on any atom is -0.380 e. The third-order valence-electron chi connectivity index (χ3n) is 4.51. The highest BCUT2D eigenvalue weighted by Crippen LogP contribution is 2.17. The van der Waals surface area contributed by atoms with E-state index in [2.05, 4.69) is 41.6 Å². The van der Waals surface area contributed by atoms with Crippen LogP contribution in [0.15, 0.2) is 60.9 Å². The van der Waals surface area contributed by atoms with Gasteiger partial charge in [0, 0.05) is 24.6 Å². The van der Waals surface area contributed by atoms with E-state index < -0.39 is 0 Å². The number of rotatable bonds is 5. The molecule has 0 fully saturated rings. The van der Waals surface area contributed by atoms with Crippen molar-refractivity contribution in [3.8, 4) is 0 Å². The van der Waals surface area contributed by atoms with Crippen molar-refractivity contribution in [1.29, 1.82) is 0 Å². The highest BCUT2D eigenvalue weighted by Gasteiger charge is 2.08. The maximum Gasteiger partial charge on any atom is 0.257 e. The van der Waals surface area contributed by atoms with Gasteiger partial charge < -0.3 is 10.6 Å². The molecule has 0 unspecified atom stereocenters. The van der Waals surface area contributed by atoms with Gasteiger partial charge in [-0.2, -0.15) is 0 Å². The summed E-state index contributed by atoms with van der Waals surface area (Å²) in [5, 5.41) is 6.26. The first-order chi connectivity index (χ1) is 12.5. The molecule has 0 aliphatic rings. The number of amides is 1. The lowest BCUT2D eigenvalue weighted by atomic mass is 10.1. The fourth-order valence-electron chi connectivity index (χ4n) is 2.69. The number of aromatic nitrogens is 1.